The van der Waals surface area contributed by atoms with Crippen LogP contribution in [0.3, 0.4) is 0 Å². The number of hydrogen-bond acceptors (Lipinski definition) is 10. The smallest absolute Gasteiger partial charge is 0.358 e. The van der Waals surface area contributed by atoms with E-state index in [0.717, 1.165) is 31.7 Å². The van der Waals surface area contributed by atoms with E-state index in [0.29, 0.717) is 15.8 Å². The van der Waals surface area contributed by atoms with Gasteiger partial charge in [0.25, 0.3) is 0 Å². The van der Waals surface area contributed by atoms with Gasteiger partial charge in [-0.05, 0) is 36.4 Å². The molecule has 0 saturated carbocycles. The molecule has 4 rings (SSSR count). The number of carbonyl (C=O) groups excluding carboxylic acids is 2. The Morgan fingerprint density at radius 1 is 0.806 bits per heavy atom. The fraction of sp³-hybridized carbons (Fsp3) is 0.304. The van der Waals surface area contributed by atoms with Crippen molar-refractivity contribution < 1.29 is 23.8 Å². The van der Waals surface area contributed by atoms with Crippen molar-refractivity contribution in [3.63, 3.8) is 0 Å². The Morgan fingerprint density at radius 3 is 1.83 bits per heavy atom. The Balaban J connectivity index is 0.000000275. The van der Waals surface area contributed by atoms with Crippen LogP contribution in [0.2, 0.25) is 15.2 Å². The second-order valence-electron chi connectivity index (χ2n) is 7.36. The van der Waals surface area contributed by atoms with Crippen molar-refractivity contribution in [1.29, 1.82) is 0 Å². The number of rotatable bonds is 5. The van der Waals surface area contributed by atoms with Crippen molar-refractivity contribution in [3.8, 4) is 5.75 Å². The number of carbonyl (C=O) groups is 2. The van der Waals surface area contributed by atoms with E-state index in [-0.39, 0.29) is 22.6 Å². The first kappa shape index (κ1) is 27.4. The van der Waals surface area contributed by atoms with Crippen LogP contribution >= 0.6 is 34.8 Å². The maximum Gasteiger partial charge on any atom is 0.358 e. The fourth-order valence-electron chi connectivity index (χ4n) is 3.20. The molecule has 1 aliphatic heterocycles. The molecule has 0 aliphatic carbocycles. The highest BCUT2D eigenvalue weighted by Crippen LogP contribution is 2.34. The SMILES string of the molecule is COC(=O)c1ccc(Cl)nn1.COC(=O)c1ccc(N2CCC(Oc3c(Cl)cccc3Cl)CC2)nn1. The molecule has 190 valence electrons. The third kappa shape index (κ3) is 7.39. The Labute approximate surface area is 222 Å². The van der Waals surface area contributed by atoms with Crippen molar-refractivity contribution in [2.24, 2.45) is 0 Å². The van der Waals surface area contributed by atoms with Crippen LogP contribution in [0.15, 0.2) is 42.5 Å². The Morgan fingerprint density at radius 2 is 1.36 bits per heavy atom. The van der Waals surface area contributed by atoms with Gasteiger partial charge >= 0.3 is 11.9 Å². The highest BCUT2D eigenvalue weighted by molar-refractivity contribution is 6.37. The first-order chi connectivity index (χ1) is 17.3. The Bertz CT molecular complexity index is 1150. The molecule has 0 unspecified atom stereocenters. The van der Waals surface area contributed by atoms with Crippen LogP contribution in [-0.2, 0) is 9.47 Å². The summed E-state index contributed by atoms with van der Waals surface area (Å²) in [6.07, 6.45) is 1.65. The molecule has 0 amide bonds. The number of methoxy groups -OCH3 is 2. The summed E-state index contributed by atoms with van der Waals surface area (Å²) >= 11 is 17.7. The van der Waals surface area contributed by atoms with Crippen LogP contribution < -0.4 is 9.64 Å². The van der Waals surface area contributed by atoms with Gasteiger partial charge in [-0.1, -0.05) is 40.9 Å². The van der Waals surface area contributed by atoms with Gasteiger partial charge < -0.3 is 19.1 Å². The third-order valence-electron chi connectivity index (χ3n) is 5.04. The molecule has 3 heterocycles. The fourth-order valence-corrected chi connectivity index (χ4v) is 3.79. The summed E-state index contributed by atoms with van der Waals surface area (Å²) in [5.74, 6) is 0.241. The van der Waals surface area contributed by atoms with Crippen LogP contribution in [-0.4, -0.2) is 65.7 Å². The summed E-state index contributed by atoms with van der Waals surface area (Å²) in [4.78, 5) is 24.3. The molecule has 0 radical (unpaired) electrons. The highest BCUT2D eigenvalue weighted by Gasteiger charge is 2.23. The lowest BCUT2D eigenvalue weighted by Crippen LogP contribution is -2.38. The molecule has 1 aromatic carbocycles. The number of ether oxygens (including phenoxy) is 3. The lowest BCUT2D eigenvalue weighted by atomic mass is 10.1. The second-order valence-corrected chi connectivity index (χ2v) is 8.56. The van der Waals surface area contributed by atoms with Gasteiger partial charge in [0.2, 0.25) is 0 Å². The van der Waals surface area contributed by atoms with Gasteiger partial charge in [-0.2, -0.15) is 0 Å². The molecule has 2 aromatic heterocycles. The molecular formula is C23H22Cl3N5O5. The van der Waals surface area contributed by atoms with E-state index >= 15 is 0 Å². The van der Waals surface area contributed by atoms with E-state index in [1.165, 1.54) is 26.4 Å². The van der Waals surface area contributed by atoms with Crippen molar-refractivity contribution in [1.82, 2.24) is 20.4 Å². The number of nitrogens with zero attached hydrogens (tertiary/aromatic N) is 5. The molecule has 0 atom stereocenters. The van der Waals surface area contributed by atoms with E-state index in [2.05, 4.69) is 34.8 Å². The van der Waals surface area contributed by atoms with E-state index in [1.807, 2.05) is 0 Å². The number of benzene rings is 1. The predicted octanol–water partition coefficient (Wildman–Crippen LogP) is 4.53. The number of halogens is 3. The van der Waals surface area contributed by atoms with E-state index in [4.69, 9.17) is 39.5 Å². The van der Waals surface area contributed by atoms with E-state index in [1.54, 1.807) is 30.3 Å². The molecule has 3 aromatic rings. The van der Waals surface area contributed by atoms with E-state index < -0.39 is 11.9 Å². The van der Waals surface area contributed by atoms with Gasteiger partial charge in [0.1, 0.15) is 6.10 Å². The first-order valence-electron chi connectivity index (χ1n) is 10.7. The summed E-state index contributed by atoms with van der Waals surface area (Å²) in [6.45, 7) is 1.53. The van der Waals surface area contributed by atoms with Crippen molar-refractivity contribution >= 4 is 52.6 Å². The Kier molecular flexibility index (Phi) is 10.0. The lowest BCUT2D eigenvalue weighted by molar-refractivity contribution is 0.0584. The zero-order valence-corrected chi connectivity index (χ0v) is 21.6. The van der Waals surface area contributed by atoms with Crippen LogP contribution in [0.4, 0.5) is 5.82 Å². The molecule has 0 N–H and O–H groups in total. The van der Waals surface area contributed by atoms with Gasteiger partial charge in [-0.15, -0.1) is 20.4 Å². The first-order valence-corrected chi connectivity index (χ1v) is 11.8. The van der Waals surface area contributed by atoms with E-state index in [9.17, 15) is 9.59 Å². The van der Waals surface area contributed by atoms with Gasteiger partial charge in [0.15, 0.2) is 28.1 Å². The monoisotopic (exact) mass is 553 g/mol. The summed E-state index contributed by atoms with van der Waals surface area (Å²) in [5.41, 5.74) is 0.342. The molecule has 1 fully saturated rings. The maximum absolute atomic E-state index is 11.4. The summed E-state index contributed by atoms with van der Waals surface area (Å²) in [7, 11) is 2.59. The second kappa shape index (κ2) is 13.2. The largest absolute Gasteiger partial charge is 0.487 e. The summed E-state index contributed by atoms with van der Waals surface area (Å²) < 4.78 is 15.0. The minimum absolute atomic E-state index is 0.0379. The van der Waals surface area contributed by atoms with Crippen LogP contribution in [0.1, 0.15) is 33.8 Å². The predicted molar refractivity (Wildman–Crippen MR) is 134 cm³/mol. The normalized spacial score (nSPS) is 13.3. The number of para-hydroxylation sites is 1. The average molecular weight is 555 g/mol. The number of hydrogen-bond donors (Lipinski definition) is 0. The Hall–Kier alpha value is -3.21. The molecule has 1 aliphatic rings. The standard InChI is InChI=1S/C17H17Cl2N3O3.C6H5ClN2O2/c1-24-17(23)14-5-6-15(21-20-14)22-9-7-11(8-10-22)25-16-12(18)3-2-4-13(16)19;1-11-6(10)4-2-3-5(7)9-8-4/h2-6,11H,7-10H2,1H3;2-3H,1H3. The van der Waals surface area contributed by atoms with Crippen molar-refractivity contribution in [2.75, 3.05) is 32.2 Å². The zero-order chi connectivity index (χ0) is 26.1. The number of anilines is 1. The van der Waals surface area contributed by atoms with Crippen LogP contribution in [0.25, 0.3) is 0 Å². The van der Waals surface area contributed by atoms with Gasteiger partial charge in [0, 0.05) is 25.9 Å². The number of aromatic nitrogens is 4. The molecule has 0 spiro atoms. The average Bonchev–Trinajstić information content (AvgIpc) is 2.91. The quantitative estimate of drug-likeness (QED) is 0.416. The lowest BCUT2D eigenvalue weighted by Gasteiger charge is -2.32. The molecule has 0 bridgehead atoms. The summed E-state index contributed by atoms with van der Waals surface area (Å²) in [5, 5.41) is 16.2. The topological polar surface area (TPSA) is 117 Å². The third-order valence-corrected chi connectivity index (χ3v) is 5.84. The summed E-state index contributed by atoms with van der Waals surface area (Å²) in [6, 6.07) is 11.6. The van der Waals surface area contributed by atoms with Gasteiger partial charge in [0.05, 0.1) is 24.3 Å². The molecule has 10 nitrogen and oxygen atoms in total. The molecular weight excluding hydrogens is 533 g/mol. The van der Waals surface area contributed by atoms with Gasteiger partial charge in [-0.3, -0.25) is 0 Å². The van der Waals surface area contributed by atoms with Crippen molar-refractivity contribution in [3.05, 3.63) is 69.1 Å². The minimum Gasteiger partial charge on any atom is -0.487 e. The highest BCUT2D eigenvalue weighted by atomic mass is 35.5. The van der Waals surface area contributed by atoms with Gasteiger partial charge in [-0.25, -0.2) is 9.59 Å². The molecule has 13 heteroatoms. The molecule has 1 saturated heterocycles. The number of esters is 2. The molecule has 36 heavy (non-hydrogen) atoms. The van der Waals surface area contributed by atoms with Crippen LogP contribution in [0, 0.1) is 0 Å². The van der Waals surface area contributed by atoms with Crippen molar-refractivity contribution in [2.45, 2.75) is 18.9 Å². The minimum atomic E-state index is -0.519. The maximum atomic E-state index is 11.4. The zero-order valence-electron chi connectivity index (χ0n) is 19.4. The number of piperidine rings is 1. The van der Waals surface area contributed by atoms with Crippen LogP contribution in [0.5, 0.6) is 5.75 Å².